The van der Waals surface area contributed by atoms with E-state index in [1.165, 1.54) is 0 Å². The zero-order valence-electron chi connectivity index (χ0n) is 12.1. The molecule has 1 heterocycles. The van der Waals surface area contributed by atoms with Crippen molar-refractivity contribution in [3.8, 4) is 0 Å². The third-order valence-corrected chi connectivity index (χ3v) is 3.54. The summed E-state index contributed by atoms with van der Waals surface area (Å²) in [4.78, 5) is 27.8. The van der Waals surface area contributed by atoms with Crippen LogP contribution in [0.25, 0.3) is 0 Å². The van der Waals surface area contributed by atoms with Crippen LogP contribution in [0.4, 0.5) is 0 Å². The highest BCUT2D eigenvalue weighted by Crippen LogP contribution is 2.17. The van der Waals surface area contributed by atoms with Gasteiger partial charge in [-0.05, 0) is 47.2 Å². The fourth-order valence-electron chi connectivity index (χ4n) is 2.23. The molecule has 1 aliphatic rings. The second-order valence-electron chi connectivity index (χ2n) is 5.43. The summed E-state index contributed by atoms with van der Waals surface area (Å²) in [6.07, 6.45) is 1.94. The van der Waals surface area contributed by atoms with Crippen molar-refractivity contribution in [2.45, 2.75) is 51.7 Å². The molecule has 0 bridgehead atoms. The van der Waals surface area contributed by atoms with Crippen LogP contribution >= 0.6 is 0 Å². The highest BCUT2D eigenvalue weighted by Gasteiger charge is 2.33. The molecule has 0 aliphatic carbocycles. The van der Waals surface area contributed by atoms with Gasteiger partial charge in [-0.1, -0.05) is 0 Å². The van der Waals surface area contributed by atoms with Crippen LogP contribution in [0.1, 0.15) is 33.6 Å². The summed E-state index contributed by atoms with van der Waals surface area (Å²) >= 11 is 0. The first-order valence-electron chi connectivity index (χ1n) is 6.62. The zero-order chi connectivity index (χ0) is 13.9. The minimum Gasteiger partial charge on any atom is -0.352 e. The van der Waals surface area contributed by atoms with Crippen LogP contribution in [0, 0.1) is 0 Å². The Morgan fingerprint density at radius 1 is 1.33 bits per heavy atom. The van der Waals surface area contributed by atoms with Crippen molar-refractivity contribution in [1.29, 1.82) is 0 Å². The average molecular weight is 255 g/mol. The zero-order valence-corrected chi connectivity index (χ0v) is 12.1. The lowest BCUT2D eigenvalue weighted by Gasteiger charge is -2.29. The van der Waals surface area contributed by atoms with Gasteiger partial charge in [0.1, 0.15) is 6.04 Å². The Balaban J connectivity index is 2.60. The Hall–Kier alpha value is -1.10. The molecule has 2 unspecified atom stereocenters. The lowest BCUT2D eigenvalue weighted by Crippen LogP contribution is -2.52. The fraction of sp³-hybridized carbons (Fsp3) is 0.846. The van der Waals surface area contributed by atoms with Gasteiger partial charge >= 0.3 is 0 Å². The van der Waals surface area contributed by atoms with Gasteiger partial charge in [-0.15, -0.1) is 0 Å². The van der Waals surface area contributed by atoms with Crippen molar-refractivity contribution in [3.63, 3.8) is 0 Å². The van der Waals surface area contributed by atoms with Gasteiger partial charge in [0.2, 0.25) is 11.8 Å². The number of likely N-dealkylation sites (tertiary alicyclic amines) is 1. The first kappa shape index (κ1) is 15.0. The third kappa shape index (κ3) is 3.45. The topological polar surface area (TPSA) is 52.7 Å². The van der Waals surface area contributed by atoms with E-state index in [1.54, 1.807) is 18.9 Å². The Kier molecular flexibility index (Phi) is 5.14. The lowest BCUT2D eigenvalue weighted by atomic mass is 10.1. The van der Waals surface area contributed by atoms with E-state index in [9.17, 15) is 9.59 Å². The Labute approximate surface area is 110 Å². The summed E-state index contributed by atoms with van der Waals surface area (Å²) in [5.74, 6) is -0.0529. The van der Waals surface area contributed by atoms with Crippen LogP contribution < -0.4 is 5.32 Å². The first-order valence-corrected chi connectivity index (χ1v) is 6.62. The van der Waals surface area contributed by atoms with Gasteiger partial charge in [0, 0.05) is 13.1 Å². The summed E-state index contributed by atoms with van der Waals surface area (Å²) in [5.41, 5.74) is 0. The van der Waals surface area contributed by atoms with Gasteiger partial charge in [0.25, 0.3) is 0 Å². The smallest absolute Gasteiger partial charge is 0.242 e. The molecule has 0 radical (unpaired) electrons. The molecule has 0 saturated carbocycles. The molecule has 2 amide bonds. The number of nitrogens with one attached hydrogen (secondary N) is 1. The van der Waals surface area contributed by atoms with Crippen molar-refractivity contribution >= 4 is 11.8 Å². The summed E-state index contributed by atoms with van der Waals surface area (Å²) < 4.78 is 0. The molecule has 2 atom stereocenters. The Morgan fingerprint density at radius 2 is 1.94 bits per heavy atom. The fourth-order valence-corrected chi connectivity index (χ4v) is 2.23. The Morgan fingerprint density at radius 3 is 2.39 bits per heavy atom. The maximum absolute atomic E-state index is 12.3. The quantitative estimate of drug-likeness (QED) is 0.793. The largest absolute Gasteiger partial charge is 0.352 e. The van der Waals surface area contributed by atoms with Gasteiger partial charge in [-0.25, -0.2) is 0 Å². The predicted molar refractivity (Wildman–Crippen MR) is 71.2 cm³/mol. The lowest BCUT2D eigenvalue weighted by molar-refractivity contribution is -0.141. The number of likely N-dealkylation sites (N-methyl/N-ethyl adjacent to an activating group) is 2. The molecule has 1 rings (SSSR count). The van der Waals surface area contributed by atoms with Crippen LogP contribution in [-0.2, 0) is 9.59 Å². The monoisotopic (exact) mass is 255 g/mol. The van der Waals surface area contributed by atoms with Crippen molar-refractivity contribution in [3.05, 3.63) is 0 Å². The van der Waals surface area contributed by atoms with E-state index in [2.05, 4.69) is 10.2 Å². The van der Waals surface area contributed by atoms with E-state index in [1.807, 2.05) is 20.9 Å². The van der Waals surface area contributed by atoms with E-state index < -0.39 is 6.04 Å². The molecule has 104 valence electrons. The third-order valence-electron chi connectivity index (χ3n) is 3.54. The number of amides is 2. The Bertz CT molecular complexity index is 317. The molecule has 1 fully saturated rings. The van der Waals surface area contributed by atoms with Crippen LogP contribution in [0.3, 0.4) is 0 Å². The van der Waals surface area contributed by atoms with Crippen molar-refractivity contribution in [1.82, 2.24) is 15.1 Å². The predicted octanol–water partition coefficient (Wildman–Crippen LogP) is 0.452. The van der Waals surface area contributed by atoms with Crippen molar-refractivity contribution < 1.29 is 9.59 Å². The number of hydrogen-bond donors (Lipinski definition) is 1. The van der Waals surface area contributed by atoms with Gasteiger partial charge in [0.05, 0.1) is 6.04 Å². The van der Waals surface area contributed by atoms with E-state index in [4.69, 9.17) is 0 Å². The van der Waals surface area contributed by atoms with Gasteiger partial charge < -0.3 is 10.2 Å². The molecular weight excluding hydrogens is 230 g/mol. The van der Waals surface area contributed by atoms with E-state index in [0.717, 1.165) is 19.4 Å². The normalized spacial score (nSPS) is 22.0. The molecule has 0 aromatic rings. The number of nitrogens with zero attached hydrogens (tertiary/aromatic N) is 2. The van der Waals surface area contributed by atoms with Crippen molar-refractivity contribution in [2.24, 2.45) is 0 Å². The molecule has 18 heavy (non-hydrogen) atoms. The maximum atomic E-state index is 12.3. The van der Waals surface area contributed by atoms with Gasteiger partial charge in [-0.2, -0.15) is 0 Å². The number of carbonyl (C=O) groups excluding carboxylic acids is 2. The summed E-state index contributed by atoms with van der Waals surface area (Å²) in [5, 5.41) is 2.83. The van der Waals surface area contributed by atoms with E-state index >= 15 is 0 Å². The second-order valence-corrected chi connectivity index (χ2v) is 5.43. The first-order chi connectivity index (χ1) is 8.34. The maximum Gasteiger partial charge on any atom is 0.242 e. The molecule has 0 spiro atoms. The second kappa shape index (κ2) is 6.18. The number of rotatable bonds is 4. The molecule has 0 aromatic carbocycles. The molecule has 1 N–H and O–H groups in total. The van der Waals surface area contributed by atoms with E-state index in [0.29, 0.717) is 0 Å². The average Bonchev–Trinajstić information content (AvgIpc) is 2.71. The van der Waals surface area contributed by atoms with Gasteiger partial charge in [-0.3, -0.25) is 14.5 Å². The molecule has 5 heteroatoms. The summed E-state index contributed by atoms with van der Waals surface area (Å²) in [6.45, 7) is 6.55. The number of hydrogen-bond acceptors (Lipinski definition) is 3. The number of carbonyl (C=O) groups is 2. The molecule has 5 nitrogen and oxygen atoms in total. The molecule has 1 aliphatic heterocycles. The van der Waals surface area contributed by atoms with E-state index in [-0.39, 0.29) is 23.9 Å². The molecule has 0 aromatic heterocycles. The minimum absolute atomic E-state index is 0.0430. The summed E-state index contributed by atoms with van der Waals surface area (Å²) in [7, 11) is 3.67. The van der Waals surface area contributed by atoms with Crippen LogP contribution in [-0.4, -0.2) is 60.4 Å². The van der Waals surface area contributed by atoms with Gasteiger partial charge in [0.15, 0.2) is 0 Å². The standard InChI is InChI=1S/C13H25N3O2/c1-9(2)14-12(17)10(3)16(5)13(18)11-7-6-8-15(11)4/h9-11H,6-8H2,1-5H3,(H,14,17). The van der Waals surface area contributed by atoms with Crippen molar-refractivity contribution in [2.75, 3.05) is 20.6 Å². The van der Waals surface area contributed by atoms with Crippen LogP contribution in [0.2, 0.25) is 0 Å². The summed E-state index contributed by atoms with van der Waals surface area (Å²) in [6, 6.07) is -0.393. The van der Waals surface area contributed by atoms with Crippen LogP contribution in [0.15, 0.2) is 0 Å². The minimum atomic E-state index is -0.422. The highest BCUT2D eigenvalue weighted by molar-refractivity contribution is 5.89. The van der Waals surface area contributed by atoms with Crippen LogP contribution in [0.5, 0.6) is 0 Å². The SMILES string of the molecule is CC(C)NC(=O)C(C)N(C)C(=O)C1CCCN1C. The highest BCUT2D eigenvalue weighted by atomic mass is 16.2. The molecule has 1 saturated heterocycles. The molecular formula is C13H25N3O2.